The average molecular weight is 361 g/mol. The number of ketones is 2. The lowest BCUT2D eigenvalue weighted by molar-refractivity contribution is -0.126. The van der Waals surface area contributed by atoms with E-state index in [1.54, 1.807) is 13.0 Å². The monoisotopic (exact) mass is 360 g/mol. The molecule has 0 amide bonds. The molecule has 3 heteroatoms. The molecule has 2 saturated carbocycles. The summed E-state index contributed by atoms with van der Waals surface area (Å²) in [7, 11) is 0. The molecule has 4 aliphatic rings. The zero-order valence-electron chi connectivity index (χ0n) is 15.7. The van der Waals surface area contributed by atoms with Crippen molar-refractivity contribution < 1.29 is 9.59 Å². The van der Waals surface area contributed by atoms with Crippen molar-refractivity contribution >= 4 is 24.0 Å². The third kappa shape index (κ3) is 2.44. The van der Waals surface area contributed by atoms with E-state index in [1.165, 1.54) is 17.6 Å². The van der Waals surface area contributed by atoms with E-state index in [1.807, 2.05) is 6.08 Å². The van der Waals surface area contributed by atoms with E-state index in [0.717, 1.165) is 19.3 Å². The summed E-state index contributed by atoms with van der Waals surface area (Å²) in [4.78, 5) is 24.1. The van der Waals surface area contributed by atoms with Gasteiger partial charge in [-0.15, -0.1) is 12.4 Å². The number of allylic oxidation sites excluding steroid dienone is 6. The Labute approximate surface area is 157 Å². The maximum Gasteiger partial charge on any atom is 0.178 e. The van der Waals surface area contributed by atoms with Gasteiger partial charge < -0.3 is 0 Å². The molecule has 6 atom stereocenters. The van der Waals surface area contributed by atoms with Crippen LogP contribution in [0.4, 0.5) is 0 Å². The van der Waals surface area contributed by atoms with Crippen molar-refractivity contribution in [2.75, 3.05) is 0 Å². The highest BCUT2D eigenvalue weighted by Gasteiger charge is 2.58. The number of Topliss-reactive ketones (excluding diaryl/α,β-unsaturated/α-hetero) is 1. The van der Waals surface area contributed by atoms with Gasteiger partial charge >= 0.3 is 0 Å². The maximum atomic E-state index is 12.3. The minimum atomic E-state index is -0.0737. The van der Waals surface area contributed by atoms with Crippen LogP contribution in [0.1, 0.15) is 53.4 Å². The standard InChI is InChI=1S/C22H28O2.ClH/c1-13-11-19-17-6-5-15-12-16(24)7-9-21(15,3)18(17)8-10-22(19,4)20(13)14(2)23;/h7-9,12-13,17,19-20H,5-6,10-11H2,1-4H3;1H/t13-,17-,19+,20-,21+,22+;/m1./s1. The molecule has 0 aromatic heterocycles. The molecule has 0 aliphatic heterocycles. The van der Waals surface area contributed by atoms with E-state index in [2.05, 4.69) is 32.9 Å². The lowest BCUT2D eigenvalue weighted by atomic mass is 9.52. The number of halogens is 1. The van der Waals surface area contributed by atoms with Crippen LogP contribution in [-0.2, 0) is 9.59 Å². The van der Waals surface area contributed by atoms with Crippen LogP contribution >= 0.6 is 12.4 Å². The van der Waals surface area contributed by atoms with Crippen LogP contribution in [0.2, 0.25) is 0 Å². The number of rotatable bonds is 1. The van der Waals surface area contributed by atoms with E-state index < -0.39 is 0 Å². The summed E-state index contributed by atoms with van der Waals surface area (Å²) in [6, 6.07) is 0. The van der Waals surface area contributed by atoms with E-state index in [4.69, 9.17) is 0 Å². The molecule has 4 rings (SSSR count). The summed E-state index contributed by atoms with van der Waals surface area (Å²) in [5, 5.41) is 0. The fraction of sp³-hybridized carbons (Fsp3) is 0.636. The zero-order chi connectivity index (χ0) is 17.3. The molecule has 0 spiro atoms. The van der Waals surface area contributed by atoms with Gasteiger partial charge in [0.2, 0.25) is 0 Å². The van der Waals surface area contributed by atoms with Crippen molar-refractivity contribution in [3.05, 3.63) is 35.5 Å². The third-order valence-electron chi connectivity index (χ3n) is 7.73. The highest BCUT2D eigenvalue weighted by molar-refractivity contribution is 6.01. The average Bonchev–Trinajstić information content (AvgIpc) is 2.78. The van der Waals surface area contributed by atoms with E-state index in [0.29, 0.717) is 23.5 Å². The van der Waals surface area contributed by atoms with Gasteiger partial charge in [0.15, 0.2) is 5.78 Å². The van der Waals surface area contributed by atoms with Gasteiger partial charge in [0.05, 0.1) is 0 Å². The second-order valence-electron chi connectivity index (χ2n) is 9.03. The Morgan fingerprint density at radius 2 is 2.00 bits per heavy atom. The van der Waals surface area contributed by atoms with Crippen molar-refractivity contribution in [3.8, 4) is 0 Å². The Morgan fingerprint density at radius 1 is 1.28 bits per heavy atom. The summed E-state index contributed by atoms with van der Waals surface area (Å²) >= 11 is 0. The van der Waals surface area contributed by atoms with Crippen molar-refractivity contribution in [2.24, 2.45) is 34.5 Å². The quantitative estimate of drug-likeness (QED) is 0.610. The number of carbonyl (C=O) groups is 2. The van der Waals surface area contributed by atoms with Gasteiger partial charge in [-0.3, -0.25) is 9.59 Å². The molecule has 0 heterocycles. The molecular formula is C22H29ClO2. The summed E-state index contributed by atoms with van der Waals surface area (Å²) in [5.74, 6) is 2.36. The topological polar surface area (TPSA) is 34.1 Å². The van der Waals surface area contributed by atoms with Crippen LogP contribution in [0, 0.1) is 34.5 Å². The van der Waals surface area contributed by atoms with Crippen LogP contribution in [0.15, 0.2) is 35.5 Å². The summed E-state index contributed by atoms with van der Waals surface area (Å²) in [6.07, 6.45) is 12.5. The molecule has 0 N–H and O–H groups in total. The van der Waals surface area contributed by atoms with E-state index >= 15 is 0 Å². The third-order valence-corrected chi connectivity index (χ3v) is 7.73. The van der Waals surface area contributed by atoms with Crippen LogP contribution in [-0.4, -0.2) is 11.6 Å². The van der Waals surface area contributed by atoms with Crippen molar-refractivity contribution in [3.63, 3.8) is 0 Å². The van der Waals surface area contributed by atoms with Gasteiger partial charge in [0, 0.05) is 11.3 Å². The molecule has 0 aromatic carbocycles. The SMILES string of the molecule is CC(=O)[C@H]1[C@H](C)C[C@H]2[C@@H]3CCC4=CC(=O)C=C[C@]4(C)C3=CC[C@@]21C.Cl. The first-order valence-electron chi connectivity index (χ1n) is 9.42. The second-order valence-corrected chi connectivity index (χ2v) is 9.03. The fourth-order valence-electron chi connectivity index (χ4n) is 6.76. The van der Waals surface area contributed by atoms with Crippen molar-refractivity contribution in [2.45, 2.75) is 53.4 Å². The number of hydrogen-bond acceptors (Lipinski definition) is 2. The highest BCUT2D eigenvalue weighted by atomic mass is 35.5. The first kappa shape index (κ1) is 18.6. The maximum absolute atomic E-state index is 12.3. The second kappa shape index (κ2) is 5.94. The lowest BCUT2D eigenvalue weighted by Crippen LogP contribution is -2.44. The molecule has 0 unspecified atom stereocenters. The van der Waals surface area contributed by atoms with Crippen molar-refractivity contribution in [1.82, 2.24) is 0 Å². The predicted molar refractivity (Wildman–Crippen MR) is 103 cm³/mol. The first-order chi connectivity index (χ1) is 11.3. The van der Waals surface area contributed by atoms with E-state index in [-0.39, 0.29) is 34.9 Å². The van der Waals surface area contributed by atoms with Gasteiger partial charge in [0.1, 0.15) is 5.78 Å². The minimum absolute atomic E-state index is 0. The Morgan fingerprint density at radius 3 is 2.68 bits per heavy atom. The molecule has 2 nitrogen and oxygen atoms in total. The Balaban J connectivity index is 0.00000182. The smallest absolute Gasteiger partial charge is 0.178 e. The summed E-state index contributed by atoms with van der Waals surface area (Å²) < 4.78 is 0. The van der Waals surface area contributed by atoms with Crippen LogP contribution < -0.4 is 0 Å². The molecule has 4 aliphatic carbocycles. The van der Waals surface area contributed by atoms with Crippen LogP contribution in [0.5, 0.6) is 0 Å². The fourth-order valence-corrected chi connectivity index (χ4v) is 6.76. The highest BCUT2D eigenvalue weighted by Crippen LogP contribution is 2.65. The van der Waals surface area contributed by atoms with Crippen molar-refractivity contribution in [1.29, 1.82) is 0 Å². The van der Waals surface area contributed by atoms with E-state index in [9.17, 15) is 9.59 Å². The van der Waals surface area contributed by atoms with Gasteiger partial charge in [0.25, 0.3) is 0 Å². The minimum Gasteiger partial charge on any atom is -0.300 e. The zero-order valence-corrected chi connectivity index (χ0v) is 16.5. The molecule has 136 valence electrons. The van der Waals surface area contributed by atoms with Gasteiger partial charge in [-0.05, 0) is 74.9 Å². The van der Waals surface area contributed by atoms with Crippen LogP contribution in [0.3, 0.4) is 0 Å². The molecule has 2 fully saturated rings. The molecule has 25 heavy (non-hydrogen) atoms. The molecule has 0 bridgehead atoms. The summed E-state index contributed by atoms with van der Waals surface area (Å²) in [5.41, 5.74) is 2.85. The number of hydrogen-bond donors (Lipinski definition) is 0. The van der Waals surface area contributed by atoms with Gasteiger partial charge in [-0.25, -0.2) is 0 Å². The normalized spacial score (nSPS) is 44.7. The number of carbonyl (C=O) groups excluding carboxylic acids is 2. The molecule has 0 saturated heterocycles. The Kier molecular flexibility index (Phi) is 4.43. The van der Waals surface area contributed by atoms with Gasteiger partial charge in [-0.2, -0.15) is 0 Å². The lowest BCUT2D eigenvalue weighted by Gasteiger charge is -2.52. The summed E-state index contributed by atoms with van der Waals surface area (Å²) in [6.45, 7) is 8.69. The first-order valence-corrected chi connectivity index (χ1v) is 9.42. The van der Waals surface area contributed by atoms with Gasteiger partial charge in [-0.1, -0.05) is 37.1 Å². The van der Waals surface area contributed by atoms with Crippen LogP contribution in [0.25, 0.3) is 0 Å². The Hall–Kier alpha value is -1.15. The predicted octanol–water partition coefficient (Wildman–Crippen LogP) is 5.09. The molecular weight excluding hydrogens is 332 g/mol. The Bertz CT molecular complexity index is 716. The molecule has 0 aromatic rings. The molecule has 0 radical (unpaired) electrons. The largest absolute Gasteiger partial charge is 0.300 e. The number of fused-ring (bicyclic) bond motifs is 5.